The van der Waals surface area contributed by atoms with E-state index >= 15 is 0 Å². The number of hydrogen-bond donors (Lipinski definition) is 2. The van der Waals surface area contributed by atoms with Crippen LogP contribution in [0.15, 0.2) is 0 Å². The Morgan fingerprint density at radius 3 is 1.32 bits per heavy atom. The second-order valence-electron chi connectivity index (χ2n) is 5.32. The summed E-state index contributed by atoms with van der Waals surface area (Å²) in [6.45, 7) is 5.88. The van der Waals surface area contributed by atoms with Gasteiger partial charge in [-0.1, -0.05) is 0 Å². The van der Waals surface area contributed by atoms with Crippen molar-refractivity contribution in [2.24, 2.45) is 11.8 Å². The normalized spacial score (nSPS) is 29.3. The average molecular weight is 359 g/mol. The molecule has 2 heterocycles. The lowest BCUT2D eigenvalue weighted by Gasteiger charge is -2.10. The Morgan fingerprint density at radius 1 is 0.818 bits per heavy atom. The van der Waals surface area contributed by atoms with Gasteiger partial charge in [-0.05, 0) is 39.8 Å². The smallest absolute Gasteiger partial charge is 0.310 e. The van der Waals surface area contributed by atoms with Crippen LogP contribution in [0.3, 0.4) is 0 Å². The van der Waals surface area contributed by atoms with Crippen molar-refractivity contribution in [3.05, 3.63) is 0 Å². The molecule has 0 aromatic rings. The molecule has 4 atom stereocenters. The zero-order valence-corrected chi connectivity index (χ0v) is 15.2. The summed E-state index contributed by atoms with van der Waals surface area (Å²) in [5.41, 5.74) is 0. The van der Waals surface area contributed by atoms with Gasteiger partial charge < -0.3 is 20.1 Å². The Bertz CT molecular complexity index is 313. The maximum atomic E-state index is 11.0. The molecular formula is C14H28Cl2N2O4. The lowest BCUT2D eigenvalue weighted by atomic mass is 10.0. The lowest BCUT2D eigenvalue weighted by molar-refractivity contribution is -0.146. The molecule has 0 bridgehead atoms. The Hall–Kier alpha value is -0.560. The first kappa shape index (κ1) is 23.7. The zero-order chi connectivity index (χ0) is 15.1. The first-order chi connectivity index (χ1) is 9.51. The number of carbonyl (C=O) groups is 2. The number of ether oxygens (including phenoxy) is 2. The van der Waals surface area contributed by atoms with Crippen molar-refractivity contribution in [1.29, 1.82) is 0 Å². The summed E-state index contributed by atoms with van der Waals surface area (Å²) >= 11 is 0. The van der Waals surface area contributed by atoms with Crippen LogP contribution in [0.5, 0.6) is 0 Å². The van der Waals surface area contributed by atoms with Gasteiger partial charge in [-0.3, -0.25) is 9.59 Å². The number of rotatable bonds is 2. The minimum Gasteiger partial charge on any atom is -0.469 e. The highest BCUT2D eigenvalue weighted by Gasteiger charge is 2.30. The van der Waals surface area contributed by atoms with Gasteiger partial charge in [0, 0.05) is 12.1 Å². The topological polar surface area (TPSA) is 76.7 Å². The standard InChI is InChI=1S/2C7H13NO2.2ClH/c2*1-5-6(3-4-8-5)7(9)10-2;;/h2*5-6,8H,3-4H2,1-2H3;2*1H/t2*5-,6+;;/m10../s1. The largest absolute Gasteiger partial charge is 0.469 e. The van der Waals surface area contributed by atoms with E-state index in [1.165, 1.54) is 14.2 Å². The average Bonchev–Trinajstić information content (AvgIpc) is 3.06. The van der Waals surface area contributed by atoms with E-state index < -0.39 is 0 Å². The van der Waals surface area contributed by atoms with Crippen molar-refractivity contribution < 1.29 is 19.1 Å². The summed E-state index contributed by atoms with van der Waals surface area (Å²) in [5, 5.41) is 6.37. The molecule has 2 aliphatic rings. The molecule has 0 radical (unpaired) electrons. The van der Waals surface area contributed by atoms with Crippen LogP contribution < -0.4 is 10.6 Å². The fraction of sp³-hybridized carbons (Fsp3) is 0.857. The predicted molar refractivity (Wildman–Crippen MR) is 89.7 cm³/mol. The molecule has 22 heavy (non-hydrogen) atoms. The molecule has 6 nitrogen and oxygen atoms in total. The van der Waals surface area contributed by atoms with Crippen molar-refractivity contribution in [2.75, 3.05) is 27.3 Å². The van der Waals surface area contributed by atoms with Crippen molar-refractivity contribution in [1.82, 2.24) is 10.6 Å². The van der Waals surface area contributed by atoms with Crippen molar-refractivity contribution in [2.45, 2.75) is 38.8 Å². The molecule has 2 fully saturated rings. The monoisotopic (exact) mass is 358 g/mol. The van der Waals surface area contributed by atoms with Gasteiger partial charge in [-0.2, -0.15) is 0 Å². The van der Waals surface area contributed by atoms with Crippen molar-refractivity contribution >= 4 is 36.8 Å². The summed E-state index contributed by atoms with van der Waals surface area (Å²) < 4.78 is 9.25. The molecular weight excluding hydrogens is 331 g/mol. The van der Waals surface area contributed by atoms with E-state index in [1.54, 1.807) is 0 Å². The Kier molecular flexibility index (Phi) is 12.9. The van der Waals surface area contributed by atoms with E-state index in [0.717, 1.165) is 25.9 Å². The van der Waals surface area contributed by atoms with E-state index in [0.29, 0.717) is 0 Å². The number of methoxy groups -OCH3 is 2. The first-order valence-electron chi connectivity index (χ1n) is 7.13. The van der Waals surface area contributed by atoms with Crippen LogP contribution in [0.25, 0.3) is 0 Å². The quantitative estimate of drug-likeness (QED) is 0.721. The Labute approximate surface area is 144 Å². The molecule has 2 aliphatic heterocycles. The van der Waals surface area contributed by atoms with Gasteiger partial charge in [0.05, 0.1) is 26.1 Å². The summed E-state index contributed by atoms with van der Waals surface area (Å²) in [6.07, 6.45) is 1.82. The SMILES string of the molecule is COC(=O)[C@@H]1CCN[C@H]1C.COC(=O)[C@H]1CCN[C@@H]1C.Cl.Cl. The van der Waals surface area contributed by atoms with Crippen LogP contribution in [0, 0.1) is 11.8 Å². The highest BCUT2D eigenvalue weighted by Crippen LogP contribution is 2.16. The highest BCUT2D eigenvalue weighted by molar-refractivity contribution is 5.85. The molecule has 0 saturated carbocycles. The second-order valence-corrected chi connectivity index (χ2v) is 5.32. The van der Waals surface area contributed by atoms with Crippen LogP contribution in [-0.4, -0.2) is 51.3 Å². The van der Waals surface area contributed by atoms with Gasteiger partial charge in [-0.25, -0.2) is 0 Å². The molecule has 0 spiro atoms. The molecule has 2 saturated heterocycles. The van der Waals surface area contributed by atoms with E-state index in [4.69, 9.17) is 0 Å². The van der Waals surface area contributed by atoms with E-state index in [2.05, 4.69) is 20.1 Å². The van der Waals surface area contributed by atoms with E-state index in [-0.39, 0.29) is 60.7 Å². The summed E-state index contributed by atoms with van der Waals surface area (Å²) in [5.74, 6) is -0.0231. The third kappa shape index (κ3) is 6.69. The third-order valence-corrected chi connectivity index (χ3v) is 4.06. The number of nitrogens with one attached hydrogen (secondary N) is 2. The molecule has 0 amide bonds. The van der Waals surface area contributed by atoms with E-state index in [9.17, 15) is 9.59 Å². The van der Waals surface area contributed by atoms with Gasteiger partial charge in [0.15, 0.2) is 0 Å². The Balaban J connectivity index is 0. The van der Waals surface area contributed by atoms with Gasteiger partial charge >= 0.3 is 11.9 Å². The highest BCUT2D eigenvalue weighted by atomic mass is 35.5. The maximum Gasteiger partial charge on any atom is 0.310 e. The molecule has 2 N–H and O–H groups in total. The summed E-state index contributed by atoms with van der Waals surface area (Å²) in [6, 6.07) is 0.569. The minimum absolute atomic E-state index is 0. The number of esters is 2. The molecule has 132 valence electrons. The summed E-state index contributed by atoms with van der Waals surface area (Å²) in [7, 11) is 2.88. The zero-order valence-electron chi connectivity index (χ0n) is 13.6. The van der Waals surface area contributed by atoms with Gasteiger partial charge in [0.25, 0.3) is 0 Å². The number of carbonyl (C=O) groups excluding carboxylic acids is 2. The Morgan fingerprint density at radius 2 is 1.14 bits per heavy atom. The van der Waals surface area contributed by atoms with Crippen LogP contribution >= 0.6 is 24.8 Å². The fourth-order valence-corrected chi connectivity index (χ4v) is 2.66. The summed E-state index contributed by atoms with van der Waals surface area (Å²) in [4.78, 5) is 21.9. The van der Waals surface area contributed by atoms with E-state index in [1.807, 2.05) is 13.8 Å². The number of halogens is 2. The van der Waals surface area contributed by atoms with Crippen molar-refractivity contribution in [3.8, 4) is 0 Å². The van der Waals surface area contributed by atoms with Gasteiger partial charge in [-0.15, -0.1) is 24.8 Å². The molecule has 0 aliphatic carbocycles. The minimum atomic E-state index is -0.0856. The van der Waals surface area contributed by atoms with Crippen LogP contribution in [0.1, 0.15) is 26.7 Å². The van der Waals surface area contributed by atoms with Crippen LogP contribution in [0.2, 0.25) is 0 Å². The van der Waals surface area contributed by atoms with Gasteiger partial charge in [0.1, 0.15) is 0 Å². The fourth-order valence-electron chi connectivity index (χ4n) is 2.66. The van der Waals surface area contributed by atoms with Crippen LogP contribution in [0.4, 0.5) is 0 Å². The molecule has 0 unspecified atom stereocenters. The van der Waals surface area contributed by atoms with Crippen LogP contribution in [-0.2, 0) is 19.1 Å². The molecule has 8 heteroatoms. The van der Waals surface area contributed by atoms with Gasteiger partial charge in [0.2, 0.25) is 0 Å². The maximum absolute atomic E-state index is 11.0. The lowest BCUT2D eigenvalue weighted by Crippen LogP contribution is -2.28. The predicted octanol–water partition coefficient (Wildman–Crippen LogP) is 1.16. The first-order valence-corrected chi connectivity index (χ1v) is 7.13. The molecule has 2 rings (SSSR count). The third-order valence-electron chi connectivity index (χ3n) is 4.06. The number of hydrogen-bond acceptors (Lipinski definition) is 6. The molecule has 0 aromatic heterocycles. The second kappa shape index (κ2) is 11.9. The van der Waals surface area contributed by atoms with Crippen molar-refractivity contribution in [3.63, 3.8) is 0 Å². The molecule has 0 aromatic carbocycles.